The van der Waals surface area contributed by atoms with E-state index in [-0.39, 0.29) is 17.9 Å². The quantitative estimate of drug-likeness (QED) is 0.689. The molecule has 4 heterocycles. The molecule has 0 saturated carbocycles. The Labute approximate surface area is 162 Å². The maximum absolute atomic E-state index is 13.0. The Balaban J connectivity index is 1.53. The van der Waals surface area contributed by atoms with Crippen LogP contribution in [-0.2, 0) is 7.05 Å². The third-order valence-corrected chi connectivity index (χ3v) is 6.04. The number of nitrogens with zero attached hydrogens (tertiary/aromatic N) is 5. The molecule has 2 aliphatic rings. The summed E-state index contributed by atoms with van der Waals surface area (Å²) in [6, 6.07) is 3.48. The van der Waals surface area contributed by atoms with Gasteiger partial charge in [-0.2, -0.15) is 0 Å². The van der Waals surface area contributed by atoms with Gasteiger partial charge in [-0.05, 0) is 52.0 Å². The van der Waals surface area contributed by atoms with Crippen LogP contribution >= 0.6 is 0 Å². The van der Waals surface area contributed by atoms with Crippen molar-refractivity contribution in [3.05, 3.63) is 35.3 Å². The highest BCUT2D eigenvalue weighted by Gasteiger charge is 2.41. The zero-order valence-corrected chi connectivity index (χ0v) is 16.2. The SMILES string of the molecule is Cc1ncc(-c2nc3cc4c(cc3[nH]2)C(=O)N(C2CCN(C)CC2)C4=O)n1C. The molecule has 0 aliphatic carbocycles. The van der Waals surface area contributed by atoms with Gasteiger partial charge in [0.1, 0.15) is 11.5 Å². The van der Waals surface area contributed by atoms with Gasteiger partial charge in [-0.25, -0.2) is 9.97 Å². The molecule has 28 heavy (non-hydrogen) atoms. The highest BCUT2D eigenvalue weighted by Crippen LogP contribution is 2.32. The first-order valence-corrected chi connectivity index (χ1v) is 9.53. The number of piperidine rings is 1. The Morgan fingerprint density at radius 3 is 2.39 bits per heavy atom. The van der Waals surface area contributed by atoms with Crippen LogP contribution in [0.2, 0.25) is 0 Å². The van der Waals surface area contributed by atoms with E-state index in [0.29, 0.717) is 22.5 Å². The largest absolute Gasteiger partial charge is 0.337 e. The molecule has 5 rings (SSSR count). The minimum atomic E-state index is -0.197. The van der Waals surface area contributed by atoms with Crippen molar-refractivity contribution in [3.8, 4) is 11.5 Å². The number of nitrogens with one attached hydrogen (secondary N) is 1. The molecule has 3 aromatic rings. The number of carbonyl (C=O) groups is 2. The van der Waals surface area contributed by atoms with E-state index in [1.165, 1.54) is 4.90 Å². The van der Waals surface area contributed by atoms with Crippen molar-refractivity contribution in [3.63, 3.8) is 0 Å². The van der Waals surface area contributed by atoms with Crippen LogP contribution < -0.4 is 0 Å². The summed E-state index contributed by atoms with van der Waals surface area (Å²) in [6.07, 6.45) is 3.41. The minimum absolute atomic E-state index is 0.0251. The number of imidazole rings is 2. The van der Waals surface area contributed by atoms with Crippen LogP contribution in [0.4, 0.5) is 0 Å². The Morgan fingerprint density at radius 1 is 1.07 bits per heavy atom. The van der Waals surface area contributed by atoms with Crippen LogP contribution in [-0.4, -0.2) is 67.3 Å². The summed E-state index contributed by atoms with van der Waals surface area (Å²) in [5, 5.41) is 0. The van der Waals surface area contributed by atoms with Gasteiger partial charge in [0.2, 0.25) is 0 Å². The third-order valence-electron chi connectivity index (χ3n) is 6.04. The number of rotatable bonds is 2. The maximum atomic E-state index is 13.0. The van der Waals surface area contributed by atoms with Gasteiger partial charge >= 0.3 is 0 Å². The first-order chi connectivity index (χ1) is 13.4. The van der Waals surface area contributed by atoms with E-state index in [1.54, 1.807) is 18.3 Å². The molecular weight excluding hydrogens is 356 g/mol. The average molecular weight is 378 g/mol. The zero-order valence-electron chi connectivity index (χ0n) is 16.2. The van der Waals surface area contributed by atoms with Crippen molar-refractivity contribution in [1.29, 1.82) is 0 Å². The molecule has 1 fully saturated rings. The number of aryl methyl sites for hydroxylation is 1. The molecule has 0 atom stereocenters. The number of hydrogen-bond acceptors (Lipinski definition) is 5. The van der Waals surface area contributed by atoms with Gasteiger partial charge in [-0.3, -0.25) is 14.5 Å². The fraction of sp³-hybridized carbons (Fsp3) is 0.400. The number of likely N-dealkylation sites (tertiary alicyclic amines) is 1. The Kier molecular flexibility index (Phi) is 3.67. The van der Waals surface area contributed by atoms with E-state index >= 15 is 0 Å². The summed E-state index contributed by atoms with van der Waals surface area (Å²) in [6.45, 7) is 3.72. The second-order valence-corrected chi connectivity index (χ2v) is 7.76. The average Bonchev–Trinajstić information content (AvgIpc) is 3.31. The summed E-state index contributed by atoms with van der Waals surface area (Å²) in [7, 11) is 3.99. The number of benzene rings is 1. The van der Waals surface area contributed by atoms with Crippen molar-refractivity contribution in [1.82, 2.24) is 29.3 Å². The third kappa shape index (κ3) is 2.41. The monoisotopic (exact) mass is 378 g/mol. The van der Waals surface area contributed by atoms with E-state index in [2.05, 4.69) is 26.9 Å². The molecule has 0 unspecified atom stereocenters. The highest BCUT2D eigenvalue weighted by atomic mass is 16.2. The predicted octanol–water partition coefficient (Wildman–Crippen LogP) is 1.96. The van der Waals surface area contributed by atoms with E-state index in [0.717, 1.165) is 43.0 Å². The van der Waals surface area contributed by atoms with E-state index < -0.39 is 0 Å². The second-order valence-electron chi connectivity index (χ2n) is 7.76. The van der Waals surface area contributed by atoms with Gasteiger partial charge < -0.3 is 14.5 Å². The molecule has 1 N–H and O–H groups in total. The Morgan fingerprint density at radius 2 is 1.75 bits per heavy atom. The normalized spacial score (nSPS) is 18.5. The zero-order chi connectivity index (χ0) is 19.6. The molecule has 8 heteroatoms. The van der Waals surface area contributed by atoms with Crippen LogP contribution in [0.15, 0.2) is 18.3 Å². The predicted molar refractivity (Wildman–Crippen MR) is 104 cm³/mol. The minimum Gasteiger partial charge on any atom is -0.337 e. The molecule has 144 valence electrons. The Hall–Kier alpha value is -3.00. The Bertz CT molecular complexity index is 1070. The van der Waals surface area contributed by atoms with Gasteiger partial charge in [0.25, 0.3) is 11.8 Å². The van der Waals surface area contributed by atoms with Crippen molar-refractivity contribution in [2.24, 2.45) is 7.05 Å². The lowest BCUT2D eigenvalue weighted by atomic mass is 10.0. The van der Waals surface area contributed by atoms with Crippen molar-refractivity contribution in [2.75, 3.05) is 20.1 Å². The highest BCUT2D eigenvalue weighted by molar-refractivity contribution is 6.23. The first kappa shape index (κ1) is 17.1. The number of amides is 2. The topological polar surface area (TPSA) is 87.1 Å². The van der Waals surface area contributed by atoms with Crippen molar-refractivity contribution >= 4 is 22.8 Å². The van der Waals surface area contributed by atoms with Gasteiger partial charge in [0, 0.05) is 13.1 Å². The molecule has 0 bridgehead atoms. The van der Waals surface area contributed by atoms with Gasteiger partial charge in [-0.15, -0.1) is 0 Å². The van der Waals surface area contributed by atoms with Gasteiger partial charge in [0.05, 0.1) is 28.4 Å². The molecule has 8 nitrogen and oxygen atoms in total. The van der Waals surface area contributed by atoms with Gasteiger partial charge in [-0.1, -0.05) is 0 Å². The van der Waals surface area contributed by atoms with E-state index in [9.17, 15) is 9.59 Å². The van der Waals surface area contributed by atoms with Crippen molar-refractivity contribution < 1.29 is 9.59 Å². The van der Waals surface area contributed by atoms with Crippen LogP contribution in [0.3, 0.4) is 0 Å². The number of aromatic amines is 1. The first-order valence-electron chi connectivity index (χ1n) is 9.53. The number of H-pyrrole nitrogens is 1. The summed E-state index contributed by atoms with van der Waals surface area (Å²) in [5.41, 5.74) is 3.21. The van der Waals surface area contributed by atoms with E-state index in [4.69, 9.17) is 0 Å². The summed E-state index contributed by atoms with van der Waals surface area (Å²) in [5.74, 6) is 1.17. The standard InChI is InChI=1S/C20H22N6O2/c1-11-21-10-17(25(11)3)18-22-15-8-13-14(9-16(15)23-18)20(28)26(19(13)27)12-4-6-24(2)7-5-12/h8-10,12H,4-7H2,1-3H3,(H,22,23). The number of carbonyl (C=O) groups excluding carboxylic acids is 2. The summed E-state index contributed by atoms with van der Waals surface area (Å²) in [4.78, 5) is 41.9. The molecule has 1 aromatic carbocycles. The molecule has 1 saturated heterocycles. The fourth-order valence-corrected chi connectivity index (χ4v) is 4.19. The lowest BCUT2D eigenvalue weighted by molar-refractivity contribution is 0.0516. The number of aromatic nitrogens is 4. The summed E-state index contributed by atoms with van der Waals surface area (Å²) >= 11 is 0. The van der Waals surface area contributed by atoms with Crippen molar-refractivity contribution in [2.45, 2.75) is 25.8 Å². The molecule has 0 spiro atoms. The lowest BCUT2D eigenvalue weighted by Gasteiger charge is -2.33. The van der Waals surface area contributed by atoms with Crippen LogP contribution in [0.25, 0.3) is 22.6 Å². The number of fused-ring (bicyclic) bond motifs is 2. The summed E-state index contributed by atoms with van der Waals surface area (Å²) < 4.78 is 1.95. The van der Waals surface area contributed by atoms with E-state index in [1.807, 2.05) is 18.5 Å². The number of imide groups is 1. The van der Waals surface area contributed by atoms with Crippen LogP contribution in [0.1, 0.15) is 39.4 Å². The maximum Gasteiger partial charge on any atom is 0.261 e. The molecule has 2 aromatic heterocycles. The van der Waals surface area contributed by atoms with Crippen LogP contribution in [0.5, 0.6) is 0 Å². The lowest BCUT2D eigenvalue weighted by Crippen LogP contribution is -2.46. The van der Waals surface area contributed by atoms with Crippen LogP contribution in [0, 0.1) is 6.92 Å². The van der Waals surface area contributed by atoms with Gasteiger partial charge in [0.15, 0.2) is 5.82 Å². The molecule has 0 radical (unpaired) electrons. The molecular formula is C20H22N6O2. The fourth-order valence-electron chi connectivity index (χ4n) is 4.19. The molecule has 2 aliphatic heterocycles. The smallest absolute Gasteiger partial charge is 0.261 e. The second kappa shape index (κ2) is 6.00. The number of hydrogen-bond donors (Lipinski definition) is 1. The molecule has 2 amide bonds.